The fourth-order valence-electron chi connectivity index (χ4n) is 1.79. The van der Waals surface area contributed by atoms with Crippen LogP contribution in [0.3, 0.4) is 0 Å². The maximum absolute atomic E-state index is 9.98. The fraction of sp³-hybridized carbons (Fsp3) is 0.200. The molecule has 0 saturated carbocycles. The van der Waals surface area contributed by atoms with Crippen molar-refractivity contribution in [3.05, 3.63) is 70.2 Å². The molecule has 0 aromatic heterocycles. The summed E-state index contributed by atoms with van der Waals surface area (Å²) in [6.07, 6.45) is -0.460. The molecule has 0 aliphatic heterocycles. The van der Waals surface area contributed by atoms with Crippen molar-refractivity contribution >= 4 is 15.9 Å². The maximum Gasteiger partial charge on any atom is 0.0914 e. The number of aliphatic hydroxyl groups is 1. The second kappa shape index (κ2) is 6.69. The van der Waals surface area contributed by atoms with Crippen LogP contribution in [-0.4, -0.2) is 11.7 Å². The first-order valence-corrected chi connectivity index (χ1v) is 6.73. The van der Waals surface area contributed by atoms with Crippen molar-refractivity contribution in [2.24, 2.45) is 0 Å². The van der Waals surface area contributed by atoms with Gasteiger partial charge in [0.1, 0.15) is 0 Å². The van der Waals surface area contributed by atoms with Crippen molar-refractivity contribution in [3.63, 3.8) is 0 Å². The third kappa shape index (κ3) is 3.95. The van der Waals surface area contributed by atoms with Crippen molar-refractivity contribution in [1.29, 1.82) is 0 Å². The van der Waals surface area contributed by atoms with E-state index in [9.17, 15) is 5.11 Å². The molecule has 0 radical (unpaired) electrons. The minimum absolute atomic E-state index is 0.460. The first kappa shape index (κ1) is 13.3. The quantitative estimate of drug-likeness (QED) is 0.888. The van der Waals surface area contributed by atoms with Gasteiger partial charge in [0, 0.05) is 17.6 Å². The van der Waals surface area contributed by atoms with E-state index >= 15 is 0 Å². The highest BCUT2D eigenvalue weighted by Gasteiger charge is 2.05. The average molecular weight is 306 g/mol. The predicted octanol–water partition coefficient (Wildman–Crippen LogP) is 3.27. The number of hydrogen-bond acceptors (Lipinski definition) is 2. The molecule has 0 unspecified atom stereocenters. The van der Waals surface area contributed by atoms with Gasteiger partial charge in [-0.05, 0) is 23.3 Å². The average Bonchev–Trinajstić information content (AvgIpc) is 2.40. The van der Waals surface area contributed by atoms with Crippen LogP contribution in [0, 0.1) is 0 Å². The maximum atomic E-state index is 9.98. The SMILES string of the molecule is O[C@@H](CNCc1cccc(Br)c1)c1ccccc1. The van der Waals surface area contributed by atoms with Crippen LogP contribution in [0.2, 0.25) is 0 Å². The predicted molar refractivity (Wildman–Crippen MR) is 77.3 cm³/mol. The molecular weight excluding hydrogens is 290 g/mol. The van der Waals surface area contributed by atoms with Crippen molar-refractivity contribution in [2.45, 2.75) is 12.6 Å². The highest BCUT2D eigenvalue weighted by Crippen LogP contribution is 2.13. The van der Waals surface area contributed by atoms with Crippen LogP contribution < -0.4 is 5.32 Å². The molecule has 94 valence electrons. The number of rotatable bonds is 5. The van der Waals surface area contributed by atoms with Crippen LogP contribution in [-0.2, 0) is 6.54 Å². The van der Waals surface area contributed by atoms with Gasteiger partial charge in [-0.3, -0.25) is 0 Å². The van der Waals surface area contributed by atoms with Gasteiger partial charge in [-0.25, -0.2) is 0 Å². The summed E-state index contributed by atoms with van der Waals surface area (Å²) in [6, 6.07) is 17.8. The molecule has 0 spiro atoms. The summed E-state index contributed by atoms with van der Waals surface area (Å²) >= 11 is 3.44. The van der Waals surface area contributed by atoms with Crippen molar-refractivity contribution < 1.29 is 5.11 Å². The molecule has 0 heterocycles. The Kier molecular flexibility index (Phi) is 4.93. The smallest absolute Gasteiger partial charge is 0.0914 e. The first-order valence-electron chi connectivity index (χ1n) is 5.94. The summed E-state index contributed by atoms with van der Waals surface area (Å²) in [5.74, 6) is 0. The second-order valence-corrected chi connectivity index (χ2v) is 5.10. The van der Waals surface area contributed by atoms with E-state index in [-0.39, 0.29) is 0 Å². The molecule has 2 N–H and O–H groups in total. The van der Waals surface area contributed by atoms with Gasteiger partial charge in [-0.2, -0.15) is 0 Å². The molecule has 0 amide bonds. The zero-order valence-electron chi connectivity index (χ0n) is 10.0. The molecule has 18 heavy (non-hydrogen) atoms. The Morgan fingerprint density at radius 1 is 1.06 bits per heavy atom. The minimum atomic E-state index is -0.460. The number of benzene rings is 2. The standard InChI is InChI=1S/C15H16BrNO/c16-14-8-4-5-12(9-14)10-17-11-15(18)13-6-2-1-3-7-13/h1-9,15,17-18H,10-11H2/t15-/m0/s1. The van der Waals surface area contributed by atoms with E-state index in [1.54, 1.807) is 0 Å². The topological polar surface area (TPSA) is 32.3 Å². The Bertz CT molecular complexity index is 487. The van der Waals surface area contributed by atoms with Crippen LogP contribution in [0.4, 0.5) is 0 Å². The van der Waals surface area contributed by atoms with Crippen LogP contribution in [0.5, 0.6) is 0 Å². The van der Waals surface area contributed by atoms with Gasteiger partial charge in [0.15, 0.2) is 0 Å². The summed E-state index contributed by atoms with van der Waals surface area (Å²) in [5.41, 5.74) is 2.14. The van der Waals surface area contributed by atoms with E-state index in [0.29, 0.717) is 6.54 Å². The van der Waals surface area contributed by atoms with E-state index in [1.165, 1.54) is 5.56 Å². The summed E-state index contributed by atoms with van der Waals surface area (Å²) in [5, 5.41) is 13.2. The van der Waals surface area contributed by atoms with Crippen LogP contribution in [0.1, 0.15) is 17.2 Å². The molecule has 1 atom stereocenters. The van der Waals surface area contributed by atoms with Gasteiger partial charge in [0.25, 0.3) is 0 Å². The summed E-state index contributed by atoms with van der Waals surface area (Å²) < 4.78 is 1.07. The van der Waals surface area contributed by atoms with Crippen LogP contribution >= 0.6 is 15.9 Å². The Morgan fingerprint density at radius 3 is 2.56 bits per heavy atom. The van der Waals surface area contributed by atoms with E-state index in [4.69, 9.17) is 0 Å². The lowest BCUT2D eigenvalue weighted by Crippen LogP contribution is -2.21. The molecule has 0 aliphatic rings. The molecule has 2 aromatic rings. The molecule has 2 nitrogen and oxygen atoms in total. The highest BCUT2D eigenvalue weighted by atomic mass is 79.9. The Labute approximate surface area is 116 Å². The first-order chi connectivity index (χ1) is 8.75. The molecule has 2 rings (SSSR count). The van der Waals surface area contributed by atoms with E-state index in [1.807, 2.05) is 42.5 Å². The minimum Gasteiger partial charge on any atom is -0.387 e. The number of halogens is 1. The lowest BCUT2D eigenvalue weighted by Gasteiger charge is -2.12. The highest BCUT2D eigenvalue weighted by molar-refractivity contribution is 9.10. The monoisotopic (exact) mass is 305 g/mol. The van der Waals surface area contributed by atoms with Gasteiger partial charge < -0.3 is 10.4 Å². The number of aliphatic hydroxyl groups excluding tert-OH is 1. The largest absolute Gasteiger partial charge is 0.387 e. The van der Waals surface area contributed by atoms with Crippen LogP contribution in [0.15, 0.2) is 59.1 Å². The van der Waals surface area contributed by atoms with Gasteiger partial charge in [-0.15, -0.1) is 0 Å². The number of nitrogens with one attached hydrogen (secondary N) is 1. The van der Waals surface area contributed by atoms with Gasteiger partial charge in [-0.1, -0.05) is 58.4 Å². The fourth-order valence-corrected chi connectivity index (χ4v) is 2.24. The van der Waals surface area contributed by atoms with E-state index in [0.717, 1.165) is 16.6 Å². The second-order valence-electron chi connectivity index (χ2n) is 4.19. The van der Waals surface area contributed by atoms with Gasteiger partial charge >= 0.3 is 0 Å². The Balaban J connectivity index is 1.82. The van der Waals surface area contributed by atoms with E-state index < -0.39 is 6.10 Å². The normalized spacial score (nSPS) is 12.3. The Hall–Kier alpha value is -1.16. The van der Waals surface area contributed by atoms with Crippen molar-refractivity contribution in [2.75, 3.05) is 6.54 Å². The van der Waals surface area contributed by atoms with Crippen LogP contribution in [0.25, 0.3) is 0 Å². The summed E-state index contributed by atoms with van der Waals surface area (Å²) in [7, 11) is 0. The molecule has 0 aliphatic carbocycles. The molecule has 2 aromatic carbocycles. The van der Waals surface area contributed by atoms with Gasteiger partial charge in [0.2, 0.25) is 0 Å². The lowest BCUT2D eigenvalue weighted by atomic mass is 10.1. The zero-order chi connectivity index (χ0) is 12.8. The molecule has 3 heteroatoms. The van der Waals surface area contributed by atoms with Gasteiger partial charge in [0.05, 0.1) is 6.10 Å². The molecule has 0 bridgehead atoms. The molecule has 0 saturated heterocycles. The summed E-state index contributed by atoms with van der Waals surface area (Å²) in [4.78, 5) is 0. The Morgan fingerprint density at radius 2 is 1.83 bits per heavy atom. The summed E-state index contributed by atoms with van der Waals surface area (Å²) in [6.45, 7) is 1.31. The third-order valence-corrected chi connectivity index (χ3v) is 3.23. The number of hydrogen-bond donors (Lipinski definition) is 2. The van der Waals surface area contributed by atoms with E-state index in [2.05, 4.69) is 33.4 Å². The lowest BCUT2D eigenvalue weighted by molar-refractivity contribution is 0.174. The third-order valence-electron chi connectivity index (χ3n) is 2.74. The van der Waals surface area contributed by atoms with Crippen molar-refractivity contribution in [1.82, 2.24) is 5.32 Å². The molecule has 0 fully saturated rings. The molecular formula is C15H16BrNO. The van der Waals surface area contributed by atoms with Crippen molar-refractivity contribution in [3.8, 4) is 0 Å². The zero-order valence-corrected chi connectivity index (χ0v) is 11.6.